The predicted octanol–water partition coefficient (Wildman–Crippen LogP) is 3.83. The summed E-state index contributed by atoms with van der Waals surface area (Å²) < 4.78 is 1.25. The Balaban J connectivity index is 2.29. The van der Waals surface area contributed by atoms with E-state index >= 15 is 0 Å². The number of rotatable bonds is 1. The third-order valence-corrected chi connectivity index (χ3v) is 3.71. The van der Waals surface area contributed by atoms with E-state index in [1.165, 1.54) is 14.5 Å². The Morgan fingerprint density at radius 3 is 2.69 bits per heavy atom. The number of hydrogen-bond acceptors (Lipinski definition) is 1. The first-order valence-electron chi connectivity index (χ1n) is 5.03. The maximum atomic E-state index is 4.15. The average molecular weight is 320 g/mol. The molecule has 1 aromatic carbocycles. The summed E-state index contributed by atoms with van der Waals surface area (Å²) in [6.07, 6.45) is 3.67. The van der Waals surface area contributed by atoms with Crippen molar-refractivity contribution in [2.75, 3.05) is 0 Å². The molecule has 0 aliphatic heterocycles. The molecular weight excluding hydrogens is 311 g/mol. The lowest BCUT2D eigenvalue weighted by atomic mass is 10.2. The van der Waals surface area contributed by atoms with Gasteiger partial charge in [-0.05, 0) is 40.8 Å². The molecule has 78 valence electrons. The van der Waals surface area contributed by atoms with Gasteiger partial charge in [-0.2, -0.15) is 0 Å². The topological polar surface area (TPSA) is 28.7 Å². The minimum atomic E-state index is 1.13. The lowest BCUT2D eigenvalue weighted by Crippen LogP contribution is -1.80. The zero-order chi connectivity index (χ0) is 11.0. The average Bonchev–Trinajstić information content (AvgIpc) is 2.69. The highest BCUT2D eigenvalue weighted by Gasteiger charge is 2.09. The fourth-order valence-electron chi connectivity index (χ4n) is 1.82. The maximum absolute atomic E-state index is 4.15. The van der Waals surface area contributed by atoms with Crippen molar-refractivity contribution >= 4 is 33.5 Å². The molecule has 16 heavy (non-hydrogen) atoms. The molecular formula is C13H9IN2. The second-order valence-electron chi connectivity index (χ2n) is 3.60. The number of benzene rings is 1. The van der Waals surface area contributed by atoms with Crippen LogP contribution in [0.3, 0.4) is 0 Å². The van der Waals surface area contributed by atoms with Gasteiger partial charge in [-0.15, -0.1) is 0 Å². The fraction of sp³-hybridized carbons (Fsp3) is 0. The van der Waals surface area contributed by atoms with Crippen LogP contribution in [0.25, 0.3) is 22.2 Å². The predicted molar refractivity (Wildman–Crippen MR) is 74.2 cm³/mol. The molecule has 0 bridgehead atoms. The molecule has 0 unspecified atom stereocenters. The number of aromatic nitrogens is 2. The van der Waals surface area contributed by atoms with Crippen LogP contribution < -0.4 is 0 Å². The van der Waals surface area contributed by atoms with Crippen molar-refractivity contribution in [1.82, 2.24) is 9.97 Å². The van der Waals surface area contributed by atoms with Gasteiger partial charge in [-0.3, -0.25) is 4.98 Å². The SMILES string of the molecule is Ic1c(-c2cccnc2)[nH]c2ccccc12. The van der Waals surface area contributed by atoms with E-state index in [0.717, 1.165) is 11.3 Å². The number of pyridine rings is 1. The van der Waals surface area contributed by atoms with Crippen molar-refractivity contribution in [3.63, 3.8) is 0 Å². The summed E-state index contributed by atoms with van der Waals surface area (Å²) in [4.78, 5) is 7.58. The molecule has 0 amide bonds. The summed E-state index contributed by atoms with van der Waals surface area (Å²) in [5.74, 6) is 0. The van der Waals surface area contributed by atoms with Crippen LogP contribution in [-0.2, 0) is 0 Å². The first kappa shape index (κ1) is 9.84. The van der Waals surface area contributed by atoms with Gasteiger partial charge in [0, 0.05) is 32.4 Å². The fourth-order valence-corrected chi connectivity index (χ4v) is 2.73. The number of aromatic amines is 1. The monoisotopic (exact) mass is 320 g/mol. The van der Waals surface area contributed by atoms with E-state index in [0.29, 0.717) is 0 Å². The quantitative estimate of drug-likeness (QED) is 0.678. The molecule has 2 heterocycles. The zero-order valence-corrected chi connectivity index (χ0v) is 10.6. The standard InChI is InChI=1S/C13H9IN2/c14-12-10-5-1-2-6-11(10)16-13(12)9-4-3-7-15-8-9/h1-8,16H. The molecule has 0 radical (unpaired) electrons. The summed E-state index contributed by atoms with van der Waals surface area (Å²) in [5, 5.41) is 1.27. The highest BCUT2D eigenvalue weighted by atomic mass is 127. The van der Waals surface area contributed by atoms with E-state index < -0.39 is 0 Å². The lowest BCUT2D eigenvalue weighted by molar-refractivity contribution is 1.31. The number of fused-ring (bicyclic) bond motifs is 1. The first-order chi connectivity index (χ1) is 7.86. The molecule has 0 aliphatic rings. The van der Waals surface area contributed by atoms with E-state index in [1.807, 2.05) is 18.3 Å². The minimum Gasteiger partial charge on any atom is -0.354 e. The van der Waals surface area contributed by atoms with E-state index in [2.05, 4.69) is 56.8 Å². The summed E-state index contributed by atoms with van der Waals surface area (Å²) >= 11 is 2.38. The molecule has 0 aliphatic carbocycles. The van der Waals surface area contributed by atoms with Gasteiger partial charge in [0.15, 0.2) is 0 Å². The van der Waals surface area contributed by atoms with Crippen LogP contribution in [0.5, 0.6) is 0 Å². The molecule has 2 nitrogen and oxygen atoms in total. The Hall–Kier alpha value is -1.36. The third kappa shape index (κ3) is 1.51. The van der Waals surface area contributed by atoms with Crippen molar-refractivity contribution in [1.29, 1.82) is 0 Å². The number of para-hydroxylation sites is 1. The lowest BCUT2D eigenvalue weighted by Gasteiger charge is -1.97. The van der Waals surface area contributed by atoms with E-state index in [4.69, 9.17) is 0 Å². The second-order valence-corrected chi connectivity index (χ2v) is 4.68. The van der Waals surface area contributed by atoms with Crippen molar-refractivity contribution < 1.29 is 0 Å². The molecule has 2 aromatic heterocycles. The molecule has 1 N–H and O–H groups in total. The van der Waals surface area contributed by atoms with Crippen molar-refractivity contribution in [2.24, 2.45) is 0 Å². The summed E-state index contributed by atoms with van der Waals surface area (Å²) in [7, 11) is 0. The third-order valence-electron chi connectivity index (χ3n) is 2.59. The second kappa shape index (κ2) is 3.90. The largest absolute Gasteiger partial charge is 0.354 e. The Bertz CT molecular complexity index is 629. The summed E-state index contributed by atoms with van der Waals surface area (Å²) in [5.41, 5.74) is 3.45. The normalized spacial score (nSPS) is 10.8. The van der Waals surface area contributed by atoms with Crippen LogP contribution in [0.15, 0.2) is 48.8 Å². The maximum Gasteiger partial charge on any atom is 0.0616 e. The van der Waals surface area contributed by atoms with E-state index in [-0.39, 0.29) is 0 Å². The molecule has 0 fully saturated rings. The highest BCUT2D eigenvalue weighted by molar-refractivity contribution is 14.1. The Labute approximate surface area is 107 Å². The minimum absolute atomic E-state index is 1.13. The van der Waals surface area contributed by atoms with Crippen LogP contribution in [0.2, 0.25) is 0 Å². The number of nitrogens with zero attached hydrogens (tertiary/aromatic N) is 1. The summed E-state index contributed by atoms with van der Waals surface area (Å²) in [6, 6.07) is 12.4. The number of nitrogens with one attached hydrogen (secondary N) is 1. The van der Waals surface area contributed by atoms with Gasteiger partial charge in [0.05, 0.1) is 5.69 Å². The molecule has 3 heteroatoms. The number of halogens is 1. The first-order valence-corrected chi connectivity index (χ1v) is 6.11. The Kier molecular flexibility index (Phi) is 2.40. The van der Waals surface area contributed by atoms with E-state index in [9.17, 15) is 0 Å². The smallest absolute Gasteiger partial charge is 0.0616 e. The molecule has 0 atom stereocenters. The zero-order valence-electron chi connectivity index (χ0n) is 8.44. The van der Waals surface area contributed by atoms with Gasteiger partial charge < -0.3 is 4.98 Å². The number of H-pyrrole nitrogens is 1. The van der Waals surface area contributed by atoms with Gasteiger partial charge in [-0.1, -0.05) is 18.2 Å². The van der Waals surface area contributed by atoms with Gasteiger partial charge in [0.1, 0.15) is 0 Å². The molecule has 3 rings (SSSR count). The van der Waals surface area contributed by atoms with Crippen LogP contribution in [0.4, 0.5) is 0 Å². The number of hydrogen-bond donors (Lipinski definition) is 1. The molecule has 0 spiro atoms. The Morgan fingerprint density at radius 2 is 1.94 bits per heavy atom. The van der Waals surface area contributed by atoms with Crippen LogP contribution in [-0.4, -0.2) is 9.97 Å². The molecule has 0 saturated heterocycles. The van der Waals surface area contributed by atoms with Crippen molar-refractivity contribution in [3.05, 3.63) is 52.4 Å². The van der Waals surface area contributed by atoms with E-state index in [1.54, 1.807) is 6.20 Å². The molecule has 0 saturated carbocycles. The Morgan fingerprint density at radius 1 is 1.06 bits per heavy atom. The van der Waals surface area contributed by atoms with Crippen LogP contribution in [0.1, 0.15) is 0 Å². The van der Waals surface area contributed by atoms with Crippen molar-refractivity contribution in [2.45, 2.75) is 0 Å². The van der Waals surface area contributed by atoms with Crippen molar-refractivity contribution in [3.8, 4) is 11.3 Å². The summed E-state index contributed by atoms with van der Waals surface area (Å²) in [6.45, 7) is 0. The van der Waals surface area contributed by atoms with Gasteiger partial charge in [0.2, 0.25) is 0 Å². The van der Waals surface area contributed by atoms with Crippen LogP contribution >= 0.6 is 22.6 Å². The van der Waals surface area contributed by atoms with Gasteiger partial charge in [-0.25, -0.2) is 0 Å². The van der Waals surface area contributed by atoms with Crippen LogP contribution in [0, 0.1) is 3.57 Å². The van der Waals surface area contributed by atoms with Gasteiger partial charge >= 0.3 is 0 Å². The highest BCUT2D eigenvalue weighted by Crippen LogP contribution is 2.30. The molecule has 3 aromatic rings. The van der Waals surface area contributed by atoms with Gasteiger partial charge in [0.25, 0.3) is 0 Å².